The summed E-state index contributed by atoms with van der Waals surface area (Å²) >= 11 is 0. The van der Waals surface area contributed by atoms with Crippen molar-refractivity contribution in [2.75, 3.05) is 32.7 Å². The largest absolute Gasteiger partial charge is 0.372 e. The minimum Gasteiger partial charge on any atom is -0.372 e. The van der Waals surface area contributed by atoms with E-state index in [1.54, 1.807) is 0 Å². The van der Waals surface area contributed by atoms with Gasteiger partial charge in [0.15, 0.2) is 0 Å². The van der Waals surface area contributed by atoms with Gasteiger partial charge in [0.25, 0.3) is 0 Å². The van der Waals surface area contributed by atoms with Crippen LogP contribution in [-0.2, 0) is 10.2 Å². The number of morpholine rings is 1. The molecule has 2 atom stereocenters. The van der Waals surface area contributed by atoms with Crippen LogP contribution >= 0.6 is 0 Å². The second-order valence-electron chi connectivity index (χ2n) is 7.05. The van der Waals surface area contributed by atoms with E-state index in [1.807, 2.05) is 0 Å². The van der Waals surface area contributed by atoms with Crippen molar-refractivity contribution >= 4 is 0 Å². The second-order valence-corrected chi connectivity index (χ2v) is 7.05. The van der Waals surface area contributed by atoms with E-state index in [0.29, 0.717) is 17.6 Å². The fourth-order valence-electron chi connectivity index (χ4n) is 4.49. The van der Waals surface area contributed by atoms with Gasteiger partial charge in [0, 0.05) is 25.0 Å². The molecule has 0 radical (unpaired) electrons. The van der Waals surface area contributed by atoms with Crippen molar-refractivity contribution in [1.29, 1.82) is 0 Å². The maximum atomic E-state index is 6.00. The van der Waals surface area contributed by atoms with Crippen LogP contribution in [0, 0.1) is 0 Å². The average molecular weight is 286 g/mol. The molecule has 3 aliphatic rings. The zero-order valence-electron chi connectivity index (χ0n) is 12.8. The van der Waals surface area contributed by atoms with Gasteiger partial charge in [0.05, 0.1) is 12.2 Å². The van der Waals surface area contributed by atoms with Crippen molar-refractivity contribution in [2.45, 2.75) is 43.3 Å². The molecule has 0 amide bonds. The Morgan fingerprint density at radius 2 is 1.71 bits per heavy atom. The van der Waals surface area contributed by atoms with Crippen LogP contribution in [0.2, 0.25) is 0 Å². The van der Waals surface area contributed by atoms with Crippen LogP contribution in [0.15, 0.2) is 30.3 Å². The molecule has 3 nitrogen and oxygen atoms in total. The Bertz CT molecular complexity index is 457. The van der Waals surface area contributed by atoms with Gasteiger partial charge in [-0.15, -0.1) is 0 Å². The van der Waals surface area contributed by atoms with Crippen molar-refractivity contribution in [1.82, 2.24) is 10.2 Å². The van der Waals surface area contributed by atoms with E-state index in [2.05, 4.69) is 40.5 Å². The third-order valence-corrected chi connectivity index (χ3v) is 5.59. The molecule has 0 saturated carbocycles. The lowest BCUT2D eigenvalue weighted by Crippen LogP contribution is -2.52. The molecule has 0 aromatic heterocycles. The second kappa shape index (κ2) is 5.71. The molecule has 3 saturated heterocycles. The van der Waals surface area contributed by atoms with Gasteiger partial charge in [-0.05, 0) is 44.3 Å². The molecular weight excluding hydrogens is 260 g/mol. The zero-order valence-corrected chi connectivity index (χ0v) is 12.8. The van der Waals surface area contributed by atoms with E-state index < -0.39 is 0 Å². The third kappa shape index (κ3) is 2.75. The van der Waals surface area contributed by atoms with Gasteiger partial charge in [-0.25, -0.2) is 0 Å². The first-order valence-electron chi connectivity index (χ1n) is 8.48. The van der Waals surface area contributed by atoms with E-state index in [-0.39, 0.29) is 0 Å². The van der Waals surface area contributed by atoms with Gasteiger partial charge in [0.1, 0.15) is 0 Å². The van der Waals surface area contributed by atoms with E-state index >= 15 is 0 Å². The first-order chi connectivity index (χ1) is 10.3. The Balaban J connectivity index is 1.55. The molecule has 1 aromatic carbocycles. The van der Waals surface area contributed by atoms with Gasteiger partial charge >= 0.3 is 0 Å². The Morgan fingerprint density at radius 3 is 2.38 bits per heavy atom. The minimum absolute atomic E-state index is 0.337. The topological polar surface area (TPSA) is 24.5 Å². The molecule has 1 N–H and O–H groups in total. The molecule has 4 rings (SSSR count). The Morgan fingerprint density at radius 1 is 1.05 bits per heavy atom. The lowest BCUT2D eigenvalue weighted by molar-refractivity contribution is -0.0463. The normalized spacial score (nSPS) is 32.2. The maximum Gasteiger partial charge on any atom is 0.0707 e. The summed E-state index contributed by atoms with van der Waals surface area (Å²) < 4.78 is 6.00. The summed E-state index contributed by atoms with van der Waals surface area (Å²) in [5.74, 6) is 0. The molecule has 1 aromatic rings. The van der Waals surface area contributed by atoms with E-state index in [1.165, 1.54) is 37.8 Å². The van der Waals surface area contributed by atoms with Crippen LogP contribution in [0.3, 0.4) is 0 Å². The summed E-state index contributed by atoms with van der Waals surface area (Å²) in [6.45, 7) is 5.77. The van der Waals surface area contributed by atoms with Crippen LogP contribution in [-0.4, -0.2) is 49.8 Å². The monoisotopic (exact) mass is 286 g/mol. The summed E-state index contributed by atoms with van der Waals surface area (Å²) in [7, 11) is 0. The summed E-state index contributed by atoms with van der Waals surface area (Å²) in [5.41, 5.74) is 1.87. The predicted octanol–water partition coefficient (Wildman–Crippen LogP) is 2.17. The fourth-order valence-corrected chi connectivity index (χ4v) is 4.49. The smallest absolute Gasteiger partial charge is 0.0707 e. The molecule has 0 aliphatic carbocycles. The maximum absolute atomic E-state index is 6.00. The highest BCUT2D eigenvalue weighted by atomic mass is 16.5. The van der Waals surface area contributed by atoms with Crippen LogP contribution in [0.5, 0.6) is 0 Å². The molecule has 3 fully saturated rings. The summed E-state index contributed by atoms with van der Waals surface area (Å²) in [5, 5.41) is 3.53. The highest BCUT2D eigenvalue weighted by molar-refractivity contribution is 5.27. The van der Waals surface area contributed by atoms with Crippen molar-refractivity contribution in [3.05, 3.63) is 35.9 Å². The van der Waals surface area contributed by atoms with Crippen LogP contribution in [0.25, 0.3) is 0 Å². The Hall–Kier alpha value is -0.900. The van der Waals surface area contributed by atoms with Crippen molar-refractivity contribution in [3.8, 4) is 0 Å². The number of piperidine rings is 1. The van der Waals surface area contributed by atoms with E-state index in [0.717, 1.165) is 26.2 Å². The third-order valence-electron chi connectivity index (χ3n) is 5.59. The number of nitrogens with one attached hydrogen (secondary N) is 1. The highest BCUT2D eigenvalue weighted by Crippen LogP contribution is 2.36. The molecule has 3 aliphatic heterocycles. The zero-order chi connectivity index (χ0) is 14.1. The number of ether oxygens (including phenoxy) is 1. The van der Waals surface area contributed by atoms with Crippen molar-refractivity contribution in [2.24, 2.45) is 0 Å². The number of hydrogen-bond acceptors (Lipinski definition) is 3. The fraction of sp³-hybridized carbons (Fsp3) is 0.667. The predicted molar refractivity (Wildman–Crippen MR) is 84.6 cm³/mol. The first-order valence-corrected chi connectivity index (χ1v) is 8.48. The SMILES string of the molecule is c1ccc(C2(CN3CC4CCC(C3)O4)CCNCC2)cc1. The van der Waals surface area contributed by atoms with Gasteiger partial charge in [-0.1, -0.05) is 30.3 Å². The summed E-state index contributed by atoms with van der Waals surface area (Å²) in [4.78, 5) is 2.68. The number of benzene rings is 1. The lowest BCUT2D eigenvalue weighted by atomic mass is 9.72. The Kier molecular flexibility index (Phi) is 3.74. The van der Waals surface area contributed by atoms with Crippen molar-refractivity contribution < 1.29 is 4.74 Å². The molecule has 0 spiro atoms. The molecule has 21 heavy (non-hydrogen) atoms. The number of nitrogens with zero attached hydrogens (tertiary/aromatic N) is 1. The first kappa shape index (κ1) is 13.7. The molecule has 3 heteroatoms. The summed E-state index contributed by atoms with van der Waals surface area (Å²) in [6.07, 6.45) is 6.03. The number of hydrogen-bond donors (Lipinski definition) is 1. The minimum atomic E-state index is 0.337. The van der Waals surface area contributed by atoms with E-state index in [4.69, 9.17) is 4.74 Å². The molecule has 114 valence electrons. The number of likely N-dealkylation sites (tertiary alicyclic amines) is 1. The standard InChI is InChI=1S/C18H26N2O/c1-2-4-15(5-3-1)18(8-10-19-11-9-18)14-20-12-16-6-7-17(13-20)21-16/h1-5,16-17,19H,6-14H2. The number of fused-ring (bicyclic) bond motifs is 2. The van der Waals surface area contributed by atoms with Crippen LogP contribution in [0.1, 0.15) is 31.2 Å². The average Bonchev–Trinajstić information content (AvgIpc) is 2.88. The van der Waals surface area contributed by atoms with E-state index in [9.17, 15) is 0 Å². The van der Waals surface area contributed by atoms with Gasteiger partial charge in [-0.3, -0.25) is 4.90 Å². The molecule has 3 heterocycles. The quantitative estimate of drug-likeness (QED) is 0.921. The van der Waals surface area contributed by atoms with Crippen LogP contribution in [0.4, 0.5) is 0 Å². The van der Waals surface area contributed by atoms with Crippen molar-refractivity contribution in [3.63, 3.8) is 0 Å². The van der Waals surface area contributed by atoms with Crippen LogP contribution < -0.4 is 5.32 Å². The van der Waals surface area contributed by atoms with Gasteiger partial charge in [0.2, 0.25) is 0 Å². The highest BCUT2D eigenvalue weighted by Gasteiger charge is 2.40. The molecule has 2 unspecified atom stereocenters. The molecule has 2 bridgehead atoms. The van der Waals surface area contributed by atoms with Gasteiger partial charge < -0.3 is 10.1 Å². The Labute approximate surface area is 127 Å². The van der Waals surface area contributed by atoms with Gasteiger partial charge in [-0.2, -0.15) is 0 Å². The number of rotatable bonds is 3. The lowest BCUT2D eigenvalue weighted by Gasteiger charge is -2.44. The molecular formula is C18H26N2O. The summed E-state index contributed by atoms with van der Waals surface area (Å²) in [6, 6.07) is 11.2.